The second-order valence-electron chi connectivity index (χ2n) is 10.0. The van der Waals surface area contributed by atoms with E-state index in [1.165, 1.54) is 32.1 Å². The Balaban J connectivity index is 1.42. The summed E-state index contributed by atoms with van der Waals surface area (Å²) in [6.07, 6.45) is 14.2. The number of anilines is 2. The molecule has 2 N–H and O–H groups in total. The van der Waals surface area contributed by atoms with Crippen LogP contribution in [0.3, 0.4) is 0 Å². The van der Waals surface area contributed by atoms with Crippen molar-refractivity contribution in [1.82, 2.24) is 20.3 Å². The second kappa shape index (κ2) is 11.4. The number of rotatable bonds is 7. The maximum absolute atomic E-state index is 12.5. The molecule has 1 aliphatic carbocycles. The average Bonchev–Trinajstić information content (AvgIpc) is 2.93. The summed E-state index contributed by atoms with van der Waals surface area (Å²) in [5.74, 6) is 2.00. The standard InChI is InChI=1S/C28H35ClN6O/c1-2-11-31-28(36)19-9-13-35(14-10-19)27-22-8-12-30-17-20(22)15-25(34-27)23-16-26(32-18-24(23)29)33-21-6-4-3-5-7-21/h8,12,15-19,21H,2-7,9-11,13-14H2,1H3,(H,31,36)(H,32,33). The number of hydrogen-bond acceptors (Lipinski definition) is 6. The normalized spacial score (nSPS) is 17.3. The van der Waals surface area contributed by atoms with Gasteiger partial charge in [-0.3, -0.25) is 9.78 Å². The SMILES string of the molecule is CCCNC(=O)C1CCN(c2nc(-c3cc(NC4CCCCC4)ncc3Cl)cc3cnccc23)CC1. The number of hydrogen-bond donors (Lipinski definition) is 2. The molecule has 2 aliphatic rings. The monoisotopic (exact) mass is 506 g/mol. The highest BCUT2D eigenvalue weighted by molar-refractivity contribution is 6.33. The maximum atomic E-state index is 12.5. The third kappa shape index (κ3) is 5.56. The number of fused-ring (bicyclic) bond motifs is 1. The molecule has 0 aromatic carbocycles. The number of carbonyl (C=O) groups excluding carboxylic acids is 1. The molecule has 1 saturated carbocycles. The molecule has 5 rings (SSSR count). The Morgan fingerprint density at radius 3 is 2.69 bits per heavy atom. The molecule has 0 bridgehead atoms. The van der Waals surface area contributed by atoms with Crippen molar-refractivity contribution < 1.29 is 4.79 Å². The highest BCUT2D eigenvalue weighted by Crippen LogP contribution is 2.35. The van der Waals surface area contributed by atoms with Crippen LogP contribution in [0.25, 0.3) is 22.0 Å². The fourth-order valence-corrected chi connectivity index (χ4v) is 5.57. The molecule has 0 atom stereocenters. The molecule has 3 aromatic rings. The van der Waals surface area contributed by atoms with E-state index < -0.39 is 0 Å². The minimum Gasteiger partial charge on any atom is -0.367 e. The molecule has 8 heteroatoms. The summed E-state index contributed by atoms with van der Waals surface area (Å²) < 4.78 is 0. The maximum Gasteiger partial charge on any atom is 0.223 e. The molecule has 4 heterocycles. The van der Waals surface area contributed by atoms with Crippen LogP contribution in [0.1, 0.15) is 58.3 Å². The summed E-state index contributed by atoms with van der Waals surface area (Å²) in [5, 5.41) is 9.32. The van der Waals surface area contributed by atoms with Crippen molar-refractivity contribution in [3.63, 3.8) is 0 Å². The lowest BCUT2D eigenvalue weighted by Gasteiger charge is -2.33. The van der Waals surface area contributed by atoms with Crippen LogP contribution < -0.4 is 15.5 Å². The predicted octanol–water partition coefficient (Wildman–Crippen LogP) is 5.83. The summed E-state index contributed by atoms with van der Waals surface area (Å²) in [6.45, 7) is 4.39. The topological polar surface area (TPSA) is 83.0 Å². The van der Waals surface area contributed by atoms with Gasteiger partial charge in [0.15, 0.2) is 0 Å². The number of amides is 1. The quantitative estimate of drug-likeness (QED) is 0.419. The summed E-state index contributed by atoms with van der Waals surface area (Å²) in [7, 11) is 0. The summed E-state index contributed by atoms with van der Waals surface area (Å²) >= 11 is 6.65. The van der Waals surface area contributed by atoms with Crippen molar-refractivity contribution >= 4 is 39.9 Å². The van der Waals surface area contributed by atoms with Gasteiger partial charge in [0, 0.05) is 66.5 Å². The third-order valence-electron chi connectivity index (χ3n) is 7.41. The van der Waals surface area contributed by atoms with Crippen LogP contribution in [0.2, 0.25) is 5.02 Å². The van der Waals surface area contributed by atoms with Gasteiger partial charge in [-0.15, -0.1) is 0 Å². The van der Waals surface area contributed by atoms with Gasteiger partial charge in [0.25, 0.3) is 0 Å². The number of halogens is 1. The highest BCUT2D eigenvalue weighted by Gasteiger charge is 2.27. The van der Waals surface area contributed by atoms with Crippen molar-refractivity contribution in [2.24, 2.45) is 5.92 Å². The molecule has 3 aromatic heterocycles. The zero-order valence-electron chi connectivity index (χ0n) is 21.0. The predicted molar refractivity (Wildman–Crippen MR) is 147 cm³/mol. The number of piperidine rings is 1. The number of pyridine rings is 3. The van der Waals surface area contributed by atoms with Crippen molar-refractivity contribution in [3.05, 3.63) is 41.8 Å². The van der Waals surface area contributed by atoms with Crippen molar-refractivity contribution in [2.75, 3.05) is 29.9 Å². The van der Waals surface area contributed by atoms with Gasteiger partial charge in [-0.05, 0) is 50.3 Å². The molecule has 36 heavy (non-hydrogen) atoms. The molecular formula is C28H35ClN6O. The first kappa shape index (κ1) is 24.8. The van der Waals surface area contributed by atoms with Crippen molar-refractivity contribution in [3.8, 4) is 11.3 Å². The average molecular weight is 507 g/mol. The van der Waals surface area contributed by atoms with E-state index in [2.05, 4.69) is 38.5 Å². The van der Waals surface area contributed by atoms with E-state index in [-0.39, 0.29) is 11.8 Å². The zero-order valence-corrected chi connectivity index (χ0v) is 21.7. The smallest absolute Gasteiger partial charge is 0.223 e. The molecule has 1 amide bonds. The third-order valence-corrected chi connectivity index (χ3v) is 7.72. The van der Waals surface area contributed by atoms with Gasteiger partial charge in [0.05, 0.1) is 10.7 Å². The number of nitrogens with one attached hydrogen (secondary N) is 2. The van der Waals surface area contributed by atoms with Crippen LogP contribution >= 0.6 is 11.6 Å². The number of carbonyl (C=O) groups is 1. The molecule has 1 saturated heterocycles. The molecular weight excluding hydrogens is 472 g/mol. The lowest BCUT2D eigenvalue weighted by atomic mass is 9.95. The molecule has 2 fully saturated rings. The Morgan fingerprint density at radius 2 is 1.92 bits per heavy atom. The first-order valence-corrected chi connectivity index (χ1v) is 13.7. The molecule has 0 spiro atoms. The van der Waals surface area contributed by atoms with Gasteiger partial charge in [0.1, 0.15) is 11.6 Å². The molecule has 0 unspecified atom stereocenters. The molecule has 1 aliphatic heterocycles. The second-order valence-corrected chi connectivity index (χ2v) is 10.4. The van der Waals surface area contributed by atoms with Crippen LogP contribution in [-0.2, 0) is 4.79 Å². The molecule has 190 valence electrons. The van der Waals surface area contributed by atoms with Gasteiger partial charge in [-0.1, -0.05) is 37.8 Å². The van der Waals surface area contributed by atoms with E-state index in [0.717, 1.165) is 72.6 Å². The Hall–Kier alpha value is -2.93. The van der Waals surface area contributed by atoms with Gasteiger partial charge in [0.2, 0.25) is 5.91 Å². The Bertz CT molecular complexity index is 1200. The number of nitrogens with zero attached hydrogens (tertiary/aromatic N) is 4. The summed E-state index contributed by atoms with van der Waals surface area (Å²) in [6, 6.07) is 6.56. The van der Waals surface area contributed by atoms with Gasteiger partial charge < -0.3 is 15.5 Å². The van der Waals surface area contributed by atoms with Crippen LogP contribution in [0.4, 0.5) is 11.6 Å². The molecule has 0 radical (unpaired) electrons. The van der Waals surface area contributed by atoms with E-state index in [0.29, 0.717) is 11.1 Å². The lowest BCUT2D eigenvalue weighted by molar-refractivity contribution is -0.125. The van der Waals surface area contributed by atoms with Crippen LogP contribution in [0.5, 0.6) is 0 Å². The minimum atomic E-state index is 0.0620. The lowest BCUT2D eigenvalue weighted by Crippen LogP contribution is -2.41. The zero-order chi connectivity index (χ0) is 24.9. The minimum absolute atomic E-state index is 0.0620. The van der Waals surface area contributed by atoms with Gasteiger partial charge in [-0.2, -0.15) is 0 Å². The Labute approximate surface area is 218 Å². The van der Waals surface area contributed by atoms with Crippen LogP contribution in [-0.4, -0.2) is 46.5 Å². The number of aromatic nitrogens is 3. The van der Waals surface area contributed by atoms with Crippen molar-refractivity contribution in [2.45, 2.75) is 64.3 Å². The van der Waals surface area contributed by atoms with Gasteiger partial charge in [-0.25, -0.2) is 9.97 Å². The van der Waals surface area contributed by atoms with E-state index in [9.17, 15) is 4.79 Å². The van der Waals surface area contributed by atoms with Gasteiger partial charge >= 0.3 is 0 Å². The van der Waals surface area contributed by atoms with E-state index in [1.54, 1.807) is 6.20 Å². The van der Waals surface area contributed by atoms with Crippen LogP contribution in [0.15, 0.2) is 36.8 Å². The van der Waals surface area contributed by atoms with E-state index >= 15 is 0 Å². The summed E-state index contributed by atoms with van der Waals surface area (Å²) in [5.41, 5.74) is 1.68. The Kier molecular flexibility index (Phi) is 7.85. The van der Waals surface area contributed by atoms with Crippen molar-refractivity contribution in [1.29, 1.82) is 0 Å². The first-order valence-electron chi connectivity index (χ1n) is 13.3. The highest BCUT2D eigenvalue weighted by atomic mass is 35.5. The fraction of sp³-hybridized carbons (Fsp3) is 0.500. The molecule has 7 nitrogen and oxygen atoms in total. The van der Waals surface area contributed by atoms with E-state index in [4.69, 9.17) is 16.6 Å². The largest absolute Gasteiger partial charge is 0.367 e. The first-order chi connectivity index (χ1) is 17.6. The Morgan fingerprint density at radius 1 is 1.11 bits per heavy atom. The summed E-state index contributed by atoms with van der Waals surface area (Å²) in [4.78, 5) is 28.8. The van der Waals surface area contributed by atoms with E-state index in [1.807, 2.05) is 24.5 Å². The van der Waals surface area contributed by atoms with Crippen LogP contribution in [0, 0.1) is 5.92 Å². The fourth-order valence-electron chi connectivity index (χ4n) is 5.37.